The Labute approximate surface area is 111 Å². The number of carbonyl (C=O) groups excluding carboxylic acids is 1. The van der Waals surface area contributed by atoms with Crippen LogP contribution in [0.1, 0.15) is 23.8 Å². The van der Waals surface area contributed by atoms with Gasteiger partial charge >= 0.3 is 0 Å². The van der Waals surface area contributed by atoms with E-state index >= 15 is 0 Å². The normalized spacial score (nSPS) is 12.1. The molecule has 0 spiro atoms. The second-order valence-corrected chi connectivity index (χ2v) is 4.11. The first-order valence-corrected chi connectivity index (χ1v) is 6.11. The first-order valence-electron chi connectivity index (χ1n) is 6.11. The van der Waals surface area contributed by atoms with Crippen molar-refractivity contribution in [3.8, 4) is 5.82 Å². The molecule has 6 heteroatoms. The molecule has 2 heterocycles. The Morgan fingerprint density at radius 2 is 2.37 bits per heavy atom. The molecule has 2 aromatic rings. The van der Waals surface area contributed by atoms with E-state index in [4.69, 9.17) is 5.11 Å². The van der Waals surface area contributed by atoms with Crippen molar-refractivity contribution in [2.75, 3.05) is 6.61 Å². The molecular formula is C13H16N4O2. The molecule has 1 unspecified atom stereocenters. The van der Waals surface area contributed by atoms with E-state index in [0.717, 1.165) is 0 Å². The number of amides is 1. The number of pyridine rings is 1. The maximum Gasteiger partial charge on any atom is 0.270 e. The largest absolute Gasteiger partial charge is 0.394 e. The van der Waals surface area contributed by atoms with Gasteiger partial charge in [0.25, 0.3) is 5.91 Å². The van der Waals surface area contributed by atoms with E-state index in [2.05, 4.69) is 15.3 Å². The Balaban J connectivity index is 2.17. The second kappa shape index (κ2) is 6.10. The lowest BCUT2D eigenvalue weighted by molar-refractivity contribution is 0.0910. The minimum atomic E-state index is -0.289. The highest BCUT2D eigenvalue weighted by atomic mass is 16.3. The van der Waals surface area contributed by atoms with Crippen molar-refractivity contribution in [3.05, 3.63) is 42.6 Å². The summed E-state index contributed by atoms with van der Waals surface area (Å²) in [6.45, 7) is 1.82. The summed E-state index contributed by atoms with van der Waals surface area (Å²) in [6, 6.07) is 4.95. The van der Waals surface area contributed by atoms with Crippen LogP contribution < -0.4 is 5.32 Å². The lowest BCUT2D eigenvalue weighted by atomic mass is 10.2. The fraction of sp³-hybridized carbons (Fsp3) is 0.308. The SMILES string of the molecule is CCC(CO)NC(=O)c1cccc(-n2ccnc2)n1. The third-order valence-electron chi connectivity index (χ3n) is 2.78. The van der Waals surface area contributed by atoms with Gasteiger partial charge in [0, 0.05) is 12.4 Å². The molecule has 0 aliphatic heterocycles. The van der Waals surface area contributed by atoms with Crippen molar-refractivity contribution in [2.24, 2.45) is 0 Å². The maximum atomic E-state index is 12.0. The molecule has 0 bridgehead atoms. The molecule has 1 atom stereocenters. The van der Waals surface area contributed by atoms with Crippen LogP contribution in [0.5, 0.6) is 0 Å². The Morgan fingerprint density at radius 3 is 3.00 bits per heavy atom. The van der Waals surface area contributed by atoms with Crippen molar-refractivity contribution in [2.45, 2.75) is 19.4 Å². The predicted molar refractivity (Wildman–Crippen MR) is 70.0 cm³/mol. The fourth-order valence-corrected chi connectivity index (χ4v) is 1.62. The summed E-state index contributed by atoms with van der Waals surface area (Å²) in [5, 5.41) is 11.8. The van der Waals surface area contributed by atoms with Gasteiger partial charge in [-0.3, -0.25) is 9.36 Å². The minimum Gasteiger partial charge on any atom is -0.394 e. The topological polar surface area (TPSA) is 80.0 Å². The smallest absolute Gasteiger partial charge is 0.270 e. The van der Waals surface area contributed by atoms with Crippen LogP contribution in [0.4, 0.5) is 0 Å². The number of hydrogen-bond acceptors (Lipinski definition) is 4. The van der Waals surface area contributed by atoms with Gasteiger partial charge in [-0.25, -0.2) is 9.97 Å². The number of nitrogens with one attached hydrogen (secondary N) is 1. The zero-order valence-corrected chi connectivity index (χ0v) is 10.7. The third-order valence-corrected chi connectivity index (χ3v) is 2.78. The number of hydrogen-bond donors (Lipinski definition) is 2. The van der Waals surface area contributed by atoms with Gasteiger partial charge < -0.3 is 10.4 Å². The fourth-order valence-electron chi connectivity index (χ4n) is 1.62. The van der Waals surface area contributed by atoms with Crippen molar-refractivity contribution in [3.63, 3.8) is 0 Å². The lowest BCUT2D eigenvalue weighted by Gasteiger charge is -2.13. The van der Waals surface area contributed by atoms with Gasteiger partial charge in [-0.15, -0.1) is 0 Å². The molecule has 0 aliphatic carbocycles. The van der Waals surface area contributed by atoms with Crippen molar-refractivity contribution >= 4 is 5.91 Å². The highest BCUT2D eigenvalue weighted by molar-refractivity contribution is 5.92. The maximum absolute atomic E-state index is 12.0. The molecule has 2 rings (SSSR count). The molecule has 0 fully saturated rings. The van der Waals surface area contributed by atoms with Gasteiger partial charge in [0.15, 0.2) is 0 Å². The summed E-state index contributed by atoms with van der Waals surface area (Å²) in [5.74, 6) is 0.338. The predicted octanol–water partition coefficient (Wildman–Crippen LogP) is 0.768. The van der Waals surface area contributed by atoms with Crippen LogP contribution in [0.2, 0.25) is 0 Å². The van der Waals surface area contributed by atoms with E-state index in [1.165, 1.54) is 0 Å². The zero-order valence-electron chi connectivity index (χ0n) is 10.7. The molecule has 0 radical (unpaired) electrons. The van der Waals surface area contributed by atoms with Crippen LogP contribution in [0, 0.1) is 0 Å². The molecule has 0 saturated carbocycles. The molecule has 0 aliphatic rings. The zero-order chi connectivity index (χ0) is 13.7. The van der Waals surface area contributed by atoms with E-state index < -0.39 is 0 Å². The quantitative estimate of drug-likeness (QED) is 0.832. The van der Waals surface area contributed by atoms with Gasteiger partial charge in [-0.1, -0.05) is 13.0 Å². The summed E-state index contributed by atoms with van der Waals surface area (Å²) >= 11 is 0. The summed E-state index contributed by atoms with van der Waals surface area (Å²) in [5.41, 5.74) is 0.318. The Hall–Kier alpha value is -2.21. The molecule has 0 saturated heterocycles. The van der Waals surface area contributed by atoms with E-state index in [1.54, 1.807) is 41.5 Å². The number of carbonyl (C=O) groups is 1. The van der Waals surface area contributed by atoms with E-state index in [-0.39, 0.29) is 18.6 Å². The highest BCUT2D eigenvalue weighted by Crippen LogP contribution is 2.05. The first-order chi connectivity index (χ1) is 9.24. The second-order valence-electron chi connectivity index (χ2n) is 4.11. The van der Waals surface area contributed by atoms with Gasteiger partial charge in [0.05, 0.1) is 12.6 Å². The Bertz CT molecular complexity index is 535. The molecule has 1 amide bonds. The average molecular weight is 260 g/mol. The molecule has 6 nitrogen and oxygen atoms in total. The number of aliphatic hydroxyl groups is 1. The molecule has 100 valence electrons. The summed E-state index contributed by atoms with van der Waals surface area (Å²) in [7, 11) is 0. The van der Waals surface area contributed by atoms with Crippen LogP contribution in [0.3, 0.4) is 0 Å². The molecule has 2 N–H and O–H groups in total. The monoisotopic (exact) mass is 260 g/mol. The van der Waals surface area contributed by atoms with Gasteiger partial charge in [-0.2, -0.15) is 0 Å². The van der Waals surface area contributed by atoms with Crippen molar-refractivity contribution in [1.82, 2.24) is 19.9 Å². The number of rotatable bonds is 5. The van der Waals surface area contributed by atoms with Crippen molar-refractivity contribution < 1.29 is 9.90 Å². The lowest BCUT2D eigenvalue weighted by Crippen LogP contribution is -2.37. The van der Waals surface area contributed by atoms with Crippen LogP contribution in [0.25, 0.3) is 5.82 Å². The van der Waals surface area contributed by atoms with Crippen LogP contribution in [-0.2, 0) is 0 Å². The number of nitrogens with zero attached hydrogens (tertiary/aromatic N) is 3. The van der Waals surface area contributed by atoms with Crippen molar-refractivity contribution in [1.29, 1.82) is 0 Å². The average Bonchev–Trinajstić information content (AvgIpc) is 2.99. The van der Waals surface area contributed by atoms with Gasteiger partial charge in [0.2, 0.25) is 0 Å². The summed E-state index contributed by atoms with van der Waals surface area (Å²) < 4.78 is 1.72. The third kappa shape index (κ3) is 3.17. The first kappa shape index (κ1) is 13.2. The number of aromatic nitrogens is 3. The standard InChI is InChI=1S/C13H16N4O2/c1-2-10(8-18)15-13(19)11-4-3-5-12(16-11)17-7-6-14-9-17/h3-7,9-10,18H,2,8H2,1H3,(H,15,19). The summed E-state index contributed by atoms with van der Waals surface area (Å²) in [6.07, 6.45) is 5.69. The molecular weight excluding hydrogens is 244 g/mol. The van der Waals surface area contributed by atoms with Crippen LogP contribution in [-0.4, -0.2) is 38.2 Å². The van der Waals surface area contributed by atoms with E-state index in [0.29, 0.717) is 17.9 Å². The highest BCUT2D eigenvalue weighted by Gasteiger charge is 2.13. The van der Waals surface area contributed by atoms with E-state index in [1.807, 2.05) is 6.92 Å². The van der Waals surface area contributed by atoms with Gasteiger partial charge in [0.1, 0.15) is 17.8 Å². The number of aliphatic hydroxyl groups excluding tert-OH is 1. The van der Waals surface area contributed by atoms with Gasteiger partial charge in [-0.05, 0) is 18.6 Å². The molecule has 19 heavy (non-hydrogen) atoms. The summed E-state index contributed by atoms with van der Waals surface area (Å²) in [4.78, 5) is 20.2. The molecule has 2 aromatic heterocycles. The van der Waals surface area contributed by atoms with E-state index in [9.17, 15) is 4.79 Å². The van der Waals surface area contributed by atoms with Crippen LogP contribution in [0.15, 0.2) is 36.9 Å². The number of imidazole rings is 1. The van der Waals surface area contributed by atoms with Crippen LogP contribution >= 0.6 is 0 Å². The Morgan fingerprint density at radius 1 is 1.53 bits per heavy atom. The molecule has 0 aromatic carbocycles. The minimum absolute atomic E-state index is 0.0799. The Kier molecular flexibility index (Phi) is 4.25.